The second kappa shape index (κ2) is 10.4. The molecule has 12 aromatic rings. The standard InChI is InChI=1S/C46H25BN10/c1-3-10-27(11-4-1)54-43-29(14-7-18-52-43)35-38-40-31(16-22-48-38)47-32-17-23-49-39-36-30-15-8-19-53-44(30)55(28-12-5-2-6-13-28)46(36)57(41(32)39)34-25-26(42-50-20-9-21-51-42)24-33(37(34)47)56(40)45(35)54/h1-25H. The Bertz CT molecular complexity index is 3470. The lowest BCUT2D eigenvalue weighted by Gasteiger charge is -2.33. The predicted molar refractivity (Wildman–Crippen MR) is 226 cm³/mol. The molecule has 0 N–H and O–H groups in total. The van der Waals surface area contributed by atoms with Crippen LogP contribution >= 0.6 is 0 Å². The zero-order valence-electron chi connectivity index (χ0n) is 30.0. The first-order chi connectivity index (χ1) is 28.3. The van der Waals surface area contributed by atoms with Crippen molar-refractivity contribution in [1.29, 1.82) is 0 Å². The zero-order chi connectivity index (χ0) is 36.9. The molecule has 2 aliphatic heterocycles. The van der Waals surface area contributed by atoms with Crippen LogP contribution in [0, 0.1) is 0 Å². The van der Waals surface area contributed by atoms with Crippen LogP contribution in [0.3, 0.4) is 0 Å². The maximum Gasteiger partial charge on any atom is 0.252 e. The second-order valence-corrected chi connectivity index (χ2v) is 14.8. The van der Waals surface area contributed by atoms with Gasteiger partial charge in [-0.15, -0.1) is 0 Å². The highest BCUT2D eigenvalue weighted by molar-refractivity contribution is 7.00. The summed E-state index contributed by atoms with van der Waals surface area (Å²) >= 11 is 0. The highest BCUT2D eigenvalue weighted by Crippen LogP contribution is 2.44. The number of pyridine rings is 4. The number of nitrogens with zero attached hydrogens (tertiary/aromatic N) is 10. The third kappa shape index (κ3) is 3.53. The topological polar surface area (TPSA) is 97.1 Å². The Balaban J connectivity index is 1.24. The molecule has 262 valence electrons. The molecule has 57 heavy (non-hydrogen) atoms. The number of rotatable bonds is 3. The molecule has 0 bridgehead atoms. The van der Waals surface area contributed by atoms with Crippen LogP contribution in [0.5, 0.6) is 0 Å². The summed E-state index contributed by atoms with van der Waals surface area (Å²) in [4.78, 5) is 30.0. The lowest BCUT2D eigenvalue weighted by molar-refractivity contribution is 1.03. The quantitative estimate of drug-likeness (QED) is 0.183. The van der Waals surface area contributed by atoms with Gasteiger partial charge in [-0.2, -0.15) is 0 Å². The summed E-state index contributed by atoms with van der Waals surface area (Å²) in [6.45, 7) is -0.0983. The number of benzene rings is 3. The van der Waals surface area contributed by atoms with Gasteiger partial charge >= 0.3 is 0 Å². The van der Waals surface area contributed by atoms with Crippen LogP contribution in [0.2, 0.25) is 0 Å². The first-order valence-corrected chi connectivity index (χ1v) is 19.0. The van der Waals surface area contributed by atoms with E-state index < -0.39 is 0 Å². The number of hydrogen-bond acceptors (Lipinski definition) is 6. The Hall–Kier alpha value is -7.92. The largest absolute Gasteiger partial charge is 0.294 e. The van der Waals surface area contributed by atoms with Crippen molar-refractivity contribution in [3.05, 3.63) is 152 Å². The molecule has 0 aliphatic carbocycles. The van der Waals surface area contributed by atoms with E-state index in [-0.39, 0.29) is 6.71 Å². The van der Waals surface area contributed by atoms with Gasteiger partial charge < -0.3 is 0 Å². The molecule has 0 fully saturated rings. The number of para-hydroxylation sites is 2. The summed E-state index contributed by atoms with van der Waals surface area (Å²) in [6, 6.07) is 40.2. The third-order valence-corrected chi connectivity index (χ3v) is 12.0. The second-order valence-electron chi connectivity index (χ2n) is 14.8. The van der Waals surface area contributed by atoms with Crippen molar-refractivity contribution in [3.63, 3.8) is 0 Å². The summed E-state index contributed by atoms with van der Waals surface area (Å²) in [6.07, 6.45) is 11.3. The van der Waals surface area contributed by atoms with E-state index in [1.165, 1.54) is 16.4 Å². The molecule has 0 spiro atoms. The normalized spacial score (nSPS) is 12.9. The number of fused-ring (bicyclic) bond motifs is 14. The van der Waals surface area contributed by atoms with Gasteiger partial charge in [0.2, 0.25) is 0 Å². The van der Waals surface area contributed by atoms with Gasteiger partial charge in [0.1, 0.15) is 22.6 Å². The van der Waals surface area contributed by atoms with Crippen LogP contribution in [0.15, 0.2) is 152 Å². The van der Waals surface area contributed by atoms with Gasteiger partial charge in [0, 0.05) is 76.3 Å². The van der Waals surface area contributed by atoms with Crippen LogP contribution in [-0.4, -0.2) is 54.9 Å². The predicted octanol–water partition coefficient (Wildman–Crippen LogP) is 6.95. The fraction of sp³-hybridized carbons (Fsp3) is 0. The minimum absolute atomic E-state index is 0.0983. The zero-order valence-corrected chi connectivity index (χ0v) is 30.0. The average molecular weight is 729 g/mol. The van der Waals surface area contributed by atoms with Crippen molar-refractivity contribution < 1.29 is 0 Å². The third-order valence-electron chi connectivity index (χ3n) is 12.0. The van der Waals surface area contributed by atoms with E-state index in [1.807, 2.05) is 55.4 Å². The fourth-order valence-corrected chi connectivity index (χ4v) is 10.0. The SMILES string of the molecule is c1ccc(-n2c3ncccc3c3c4nccc5c4n(c32)-c2cc(-c3ncccn3)cc3c2B5c2ccnc4c5c6cccnc6n(-c6ccccc6)c5n-3c24)cc1. The Morgan fingerprint density at radius 2 is 0.912 bits per heavy atom. The molecule has 2 aliphatic rings. The van der Waals surface area contributed by atoms with Gasteiger partial charge in [0.05, 0.1) is 32.8 Å². The molecule has 0 radical (unpaired) electrons. The minimum Gasteiger partial charge on any atom is -0.294 e. The van der Waals surface area contributed by atoms with E-state index in [1.54, 1.807) is 0 Å². The average Bonchev–Trinajstić information content (AvgIpc) is 4.00. The van der Waals surface area contributed by atoms with Crippen LogP contribution < -0.4 is 16.4 Å². The molecule has 0 unspecified atom stereocenters. The monoisotopic (exact) mass is 728 g/mol. The van der Waals surface area contributed by atoms with Gasteiger partial charge in [-0.1, -0.05) is 36.4 Å². The summed E-state index contributed by atoms with van der Waals surface area (Å²) in [5.74, 6) is 0.650. The van der Waals surface area contributed by atoms with Gasteiger partial charge in [-0.05, 0) is 95.3 Å². The molecular weight excluding hydrogens is 703 g/mol. The van der Waals surface area contributed by atoms with Crippen molar-refractivity contribution in [3.8, 4) is 34.1 Å². The summed E-state index contributed by atoms with van der Waals surface area (Å²) < 4.78 is 9.45. The lowest BCUT2D eigenvalue weighted by atomic mass is 9.34. The Kier molecular flexibility index (Phi) is 5.39. The maximum absolute atomic E-state index is 5.18. The lowest BCUT2D eigenvalue weighted by Crippen LogP contribution is -2.59. The number of aromatic nitrogens is 10. The maximum atomic E-state index is 5.18. The van der Waals surface area contributed by atoms with Crippen molar-refractivity contribution in [1.82, 2.24) is 48.2 Å². The highest BCUT2D eigenvalue weighted by atomic mass is 15.2. The molecule has 11 heterocycles. The first-order valence-electron chi connectivity index (χ1n) is 19.0. The smallest absolute Gasteiger partial charge is 0.252 e. The Morgan fingerprint density at radius 1 is 0.421 bits per heavy atom. The van der Waals surface area contributed by atoms with E-state index in [0.29, 0.717) is 5.82 Å². The molecule has 11 heteroatoms. The molecule has 3 aromatic carbocycles. The first kappa shape index (κ1) is 29.4. The van der Waals surface area contributed by atoms with Crippen LogP contribution in [0.1, 0.15) is 0 Å². The van der Waals surface area contributed by atoms with Gasteiger partial charge in [-0.25, -0.2) is 19.9 Å². The molecule has 14 rings (SSSR count). The summed E-state index contributed by atoms with van der Waals surface area (Å²) in [7, 11) is 0. The van der Waals surface area contributed by atoms with Crippen LogP contribution in [-0.2, 0) is 0 Å². The van der Waals surface area contributed by atoms with E-state index in [0.717, 1.165) is 94.5 Å². The summed E-state index contributed by atoms with van der Waals surface area (Å²) in [5, 5.41) is 4.26. The molecule has 9 aromatic heterocycles. The van der Waals surface area contributed by atoms with Crippen molar-refractivity contribution >= 4 is 89.3 Å². The van der Waals surface area contributed by atoms with Crippen molar-refractivity contribution in [2.75, 3.05) is 0 Å². The molecule has 10 nitrogen and oxygen atoms in total. The van der Waals surface area contributed by atoms with Gasteiger partial charge in [0.25, 0.3) is 6.71 Å². The van der Waals surface area contributed by atoms with E-state index in [4.69, 9.17) is 29.9 Å². The summed E-state index contributed by atoms with van der Waals surface area (Å²) in [5.41, 5.74) is 16.6. The number of hydrogen-bond donors (Lipinski definition) is 0. The van der Waals surface area contributed by atoms with E-state index >= 15 is 0 Å². The van der Waals surface area contributed by atoms with Crippen molar-refractivity contribution in [2.24, 2.45) is 0 Å². The van der Waals surface area contributed by atoms with E-state index in [9.17, 15) is 0 Å². The molecule has 0 amide bonds. The molecule has 0 saturated heterocycles. The highest BCUT2D eigenvalue weighted by Gasteiger charge is 2.43. The minimum atomic E-state index is -0.0983. The molecule has 0 saturated carbocycles. The fourth-order valence-electron chi connectivity index (χ4n) is 10.0. The van der Waals surface area contributed by atoms with Gasteiger partial charge in [0.15, 0.2) is 5.82 Å². The Morgan fingerprint density at radius 3 is 1.42 bits per heavy atom. The van der Waals surface area contributed by atoms with Crippen LogP contribution in [0.4, 0.5) is 0 Å². The molecular formula is C46H25BN10. The van der Waals surface area contributed by atoms with E-state index in [2.05, 4.69) is 115 Å². The Labute approximate surface area is 323 Å². The molecule has 0 atom stereocenters. The van der Waals surface area contributed by atoms with Crippen LogP contribution in [0.25, 0.3) is 100 Å². The van der Waals surface area contributed by atoms with Crippen molar-refractivity contribution in [2.45, 2.75) is 0 Å². The van der Waals surface area contributed by atoms with Gasteiger partial charge in [-0.3, -0.25) is 28.2 Å².